The van der Waals surface area contributed by atoms with Crippen LogP contribution >= 0.6 is 27.5 Å². The molecular weight excluding hydrogens is 338 g/mol. The molecular formula is C16H17BrClNO. The van der Waals surface area contributed by atoms with Gasteiger partial charge in [-0.25, -0.2) is 0 Å². The third-order valence-corrected chi connectivity index (χ3v) is 3.75. The molecule has 2 nitrogen and oxygen atoms in total. The van der Waals surface area contributed by atoms with Gasteiger partial charge in [0.1, 0.15) is 12.4 Å². The highest BCUT2D eigenvalue weighted by Crippen LogP contribution is 2.18. The highest BCUT2D eigenvalue weighted by atomic mass is 79.9. The molecule has 0 radical (unpaired) electrons. The van der Waals surface area contributed by atoms with E-state index in [-0.39, 0.29) is 6.04 Å². The molecule has 0 bridgehead atoms. The molecule has 4 heteroatoms. The van der Waals surface area contributed by atoms with Crippen LogP contribution in [-0.2, 0) is 0 Å². The summed E-state index contributed by atoms with van der Waals surface area (Å²) in [7, 11) is 0. The van der Waals surface area contributed by atoms with E-state index in [1.54, 1.807) is 0 Å². The molecule has 0 aliphatic heterocycles. The molecule has 106 valence electrons. The molecule has 0 aliphatic rings. The first-order valence-corrected chi connectivity index (χ1v) is 7.69. The highest BCUT2D eigenvalue weighted by Gasteiger charge is 2.04. The van der Waals surface area contributed by atoms with Crippen molar-refractivity contribution in [2.24, 2.45) is 0 Å². The Hall–Kier alpha value is -1.03. The van der Waals surface area contributed by atoms with Crippen LogP contribution in [0.1, 0.15) is 18.5 Å². The quantitative estimate of drug-likeness (QED) is 0.750. The molecule has 1 N–H and O–H groups in total. The van der Waals surface area contributed by atoms with Gasteiger partial charge in [0.15, 0.2) is 0 Å². The molecule has 0 saturated heterocycles. The van der Waals surface area contributed by atoms with Gasteiger partial charge >= 0.3 is 0 Å². The predicted octanol–water partition coefficient (Wildman–Crippen LogP) is 4.83. The van der Waals surface area contributed by atoms with E-state index >= 15 is 0 Å². The van der Waals surface area contributed by atoms with E-state index in [9.17, 15) is 0 Å². The van der Waals surface area contributed by atoms with Gasteiger partial charge in [0.05, 0.1) is 0 Å². The minimum Gasteiger partial charge on any atom is -0.492 e. The predicted molar refractivity (Wildman–Crippen MR) is 87.5 cm³/mol. The van der Waals surface area contributed by atoms with Crippen molar-refractivity contribution < 1.29 is 4.74 Å². The highest BCUT2D eigenvalue weighted by molar-refractivity contribution is 9.10. The Morgan fingerprint density at radius 3 is 2.65 bits per heavy atom. The van der Waals surface area contributed by atoms with E-state index in [0.29, 0.717) is 6.61 Å². The van der Waals surface area contributed by atoms with Gasteiger partial charge in [0, 0.05) is 22.1 Å². The lowest BCUT2D eigenvalue weighted by atomic mass is 10.1. The minimum absolute atomic E-state index is 0.252. The molecule has 2 aromatic carbocycles. The normalized spacial score (nSPS) is 12.2. The summed E-state index contributed by atoms with van der Waals surface area (Å²) in [5, 5.41) is 4.18. The van der Waals surface area contributed by atoms with Crippen molar-refractivity contribution in [1.29, 1.82) is 0 Å². The van der Waals surface area contributed by atoms with E-state index in [4.69, 9.17) is 16.3 Å². The number of hydrogen-bond acceptors (Lipinski definition) is 2. The summed E-state index contributed by atoms with van der Waals surface area (Å²) >= 11 is 9.39. The van der Waals surface area contributed by atoms with Gasteiger partial charge < -0.3 is 10.1 Å². The van der Waals surface area contributed by atoms with Gasteiger partial charge in [-0.1, -0.05) is 39.7 Å². The Labute approximate surface area is 133 Å². The second kappa shape index (κ2) is 7.67. The van der Waals surface area contributed by atoms with E-state index < -0.39 is 0 Å². The number of nitrogens with one attached hydrogen (secondary N) is 1. The maximum Gasteiger partial charge on any atom is 0.119 e. The summed E-state index contributed by atoms with van der Waals surface area (Å²) in [6, 6.07) is 16.0. The van der Waals surface area contributed by atoms with Crippen LogP contribution in [0, 0.1) is 0 Å². The lowest BCUT2D eigenvalue weighted by Gasteiger charge is -2.15. The van der Waals surface area contributed by atoms with Crippen molar-refractivity contribution >= 4 is 27.5 Å². The number of hydrogen-bond donors (Lipinski definition) is 1. The first kappa shape index (κ1) is 15.4. The summed E-state index contributed by atoms with van der Waals surface area (Å²) in [6.07, 6.45) is 0. The van der Waals surface area contributed by atoms with Crippen molar-refractivity contribution in [3.63, 3.8) is 0 Å². The van der Waals surface area contributed by atoms with Crippen LogP contribution in [0.2, 0.25) is 5.02 Å². The zero-order valence-corrected chi connectivity index (χ0v) is 13.6. The molecule has 0 saturated carbocycles. The largest absolute Gasteiger partial charge is 0.492 e. The van der Waals surface area contributed by atoms with Gasteiger partial charge in [-0.15, -0.1) is 0 Å². The van der Waals surface area contributed by atoms with Crippen LogP contribution in [0.25, 0.3) is 0 Å². The molecule has 0 unspecified atom stereocenters. The Kier molecular flexibility index (Phi) is 5.89. The van der Waals surface area contributed by atoms with E-state index in [2.05, 4.69) is 34.2 Å². The minimum atomic E-state index is 0.252. The SMILES string of the molecule is C[C@@H](NCCOc1ccc(Br)cc1)c1cccc(Cl)c1. The van der Waals surface area contributed by atoms with Crippen LogP contribution < -0.4 is 10.1 Å². The molecule has 0 aromatic heterocycles. The lowest BCUT2D eigenvalue weighted by molar-refractivity contribution is 0.307. The molecule has 0 spiro atoms. The van der Waals surface area contributed by atoms with Gasteiger partial charge in [0.2, 0.25) is 0 Å². The summed E-state index contributed by atoms with van der Waals surface area (Å²) in [5.41, 5.74) is 1.18. The monoisotopic (exact) mass is 353 g/mol. The summed E-state index contributed by atoms with van der Waals surface area (Å²) in [6.45, 7) is 3.53. The lowest BCUT2D eigenvalue weighted by Crippen LogP contribution is -2.24. The van der Waals surface area contributed by atoms with Crippen LogP contribution in [0.5, 0.6) is 5.75 Å². The Balaban J connectivity index is 1.74. The number of rotatable bonds is 6. The second-order valence-electron chi connectivity index (χ2n) is 4.53. The van der Waals surface area contributed by atoms with Crippen molar-refractivity contribution in [3.8, 4) is 5.75 Å². The number of benzene rings is 2. The molecule has 2 aromatic rings. The Morgan fingerprint density at radius 2 is 1.95 bits per heavy atom. The van der Waals surface area contributed by atoms with Crippen LogP contribution in [0.3, 0.4) is 0 Å². The van der Waals surface area contributed by atoms with Crippen molar-refractivity contribution in [2.45, 2.75) is 13.0 Å². The zero-order valence-electron chi connectivity index (χ0n) is 11.3. The van der Waals surface area contributed by atoms with Crippen molar-refractivity contribution in [1.82, 2.24) is 5.32 Å². The van der Waals surface area contributed by atoms with E-state index in [1.165, 1.54) is 5.56 Å². The maximum atomic E-state index is 5.99. The number of ether oxygens (including phenoxy) is 1. The smallest absolute Gasteiger partial charge is 0.119 e. The third-order valence-electron chi connectivity index (χ3n) is 2.98. The molecule has 0 fully saturated rings. The van der Waals surface area contributed by atoms with Crippen LogP contribution in [-0.4, -0.2) is 13.2 Å². The van der Waals surface area contributed by atoms with Gasteiger partial charge in [-0.3, -0.25) is 0 Å². The Morgan fingerprint density at radius 1 is 1.20 bits per heavy atom. The molecule has 2 rings (SSSR count). The van der Waals surface area contributed by atoms with Crippen LogP contribution in [0.4, 0.5) is 0 Å². The van der Waals surface area contributed by atoms with E-state index in [1.807, 2.05) is 42.5 Å². The summed E-state index contributed by atoms with van der Waals surface area (Å²) in [4.78, 5) is 0. The molecule has 0 amide bonds. The standard InChI is InChI=1S/C16H17BrClNO/c1-12(13-3-2-4-15(18)11-13)19-9-10-20-16-7-5-14(17)6-8-16/h2-8,11-12,19H,9-10H2,1H3/t12-/m1/s1. The fraction of sp³-hybridized carbons (Fsp3) is 0.250. The summed E-state index contributed by atoms with van der Waals surface area (Å²) < 4.78 is 6.71. The fourth-order valence-corrected chi connectivity index (χ4v) is 2.33. The Bertz CT molecular complexity index is 544. The van der Waals surface area contributed by atoms with Crippen LogP contribution in [0.15, 0.2) is 53.0 Å². The number of halogens is 2. The third kappa shape index (κ3) is 4.82. The van der Waals surface area contributed by atoms with Gasteiger partial charge in [0.25, 0.3) is 0 Å². The topological polar surface area (TPSA) is 21.3 Å². The van der Waals surface area contributed by atoms with E-state index in [0.717, 1.165) is 21.8 Å². The average molecular weight is 355 g/mol. The second-order valence-corrected chi connectivity index (χ2v) is 5.89. The van der Waals surface area contributed by atoms with Crippen molar-refractivity contribution in [3.05, 3.63) is 63.6 Å². The zero-order chi connectivity index (χ0) is 14.4. The first-order chi connectivity index (χ1) is 9.65. The maximum absolute atomic E-state index is 5.99. The fourth-order valence-electron chi connectivity index (χ4n) is 1.87. The average Bonchev–Trinajstić information content (AvgIpc) is 2.45. The molecule has 0 heterocycles. The molecule has 0 aliphatic carbocycles. The van der Waals surface area contributed by atoms with Gasteiger partial charge in [-0.2, -0.15) is 0 Å². The molecule has 1 atom stereocenters. The first-order valence-electron chi connectivity index (χ1n) is 6.52. The summed E-state index contributed by atoms with van der Waals surface area (Å²) in [5.74, 6) is 0.880. The molecule has 20 heavy (non-hydrogen) atoms. The van der Waals surface area contributed by atoms with Crippen molar-refractivity contribution in [2.75, 3.05) is 13.2 Å². The van der Waals surface area contributed by atoms with Gasteiger partial charge in [-0.05, 0) is 48.9 Å².